The molecular formula is C16H16N2O2. The third-order valence-electron chi connectivity index (χ3n) is 3.83. The molecule has 0 aliphatic carbocycles. The summed E-state index contributed by atoms with van der Waals surface area (Å²) in [4.78, 5) is 15.4. The molecule has 4 nitrogen and oxygen atoms in total. The zero-order chi connectivity index (χ0) is 13.9. The van der Waals surface area contributed by atoms with E-state index in [0.29, 0.717) is 17.5 Å². The van der Waals surface area contributed by atoms with Crippen LogP contribution >= 0.6 is 0 Å². The van der Waals surface area contributed by atoms with Crippen LogP contribution in [0.1, 0.15) is 41.6 Å². The summed E-state index contributed by atoms with van der Waals surface area (Å²) < 4.78 is 5.54. The summed E-state index contributed by atoms with van der Waals surface area (Å²) in [6.45, 7) is 0.822. The molecule has 1 unspecified atom stereocenters. The number of hydrogen-bond acceptors (Lipinski definition) is 3. The Hall–Kier alpha value is -2.12. The summed E-state index contributed by atoms with van der Waals surface area (Å²) in [5.74, 6) is 0.136. The summed E-state index contributed by atoms with van der Waals surface area (Å²) >= 11 is 0. The van der Waals surface area contributed by atoms with Gasteiger partial charge in [0.2, 0.25) is 0 Å². The Morgan fingerprint density at radius 3 is 3.15 bits per heavy atom. The maximum absolute atomic E-state index is 12.3. The maximum Gasteiger partial charge on any atom is 0.165 e. The van der Waals surface area contributed by atoms with Gasteiger partial charge in [0.15, 0.2) is 5.78 Å². The van der Waals surface area contributed by atoms with E-state index in [0.717, 1.165) is 36.8 Å². The van der Waals surface area contributed by atoms with E-state index in [1.165, 1.54) is 0 Å². The van der Waals surface area contributed by atoms with E-state index in [9.17, 15) is 4.79 Å². The van der Waals surface area contributed by atoms with Gasteiger partial charge in [-0.1, -0.05) is 6.07 Å². The van der Waals surface area contributed by atoms with Gasteiger partial charge >= 0.3 is 0 Å². The second-order valence-corrected chi connectivity index (χ2v) is 5.17. The average molecular weight is 268 g/mol. The third kappa shape index (κ3) is 2.45. The molecule has 2 heterocycles. The first-order valence-electron chi connectivity index (χ1n) is 6.94. The van der Waals surface area contributed by atoms with Crippen molar-refractivity contribution in [1.82, 2.24) is 4.98 Å². The molecule has 1 fully saturated rings. The number of fused-ring (bicyclic) bond motifs is 1. The highest BCUT2D eigenvalue weighted by Gasteiger charge is 2.18. The van der Waals surface area contributed by atoms with Gasteiger partial charge in [0.05, 0.1) is 17.7 Å². The van der Waals surface area contributed by atoms with Crippen LogP contribution in [0.15, 0.2) is 24.4 Å². The minimum Gasteiger partial charge on any atom is -0.378 e. The number of nitrogens with zero attached hydrogens (tertiary/aromatic N) is 1. The molecule has 1 saturated heterocycles. The first kappa shape index (κ1) is 12.9. The minimum absolute atomic E-state index is 0.136. The second-order valence-electron chi connectivity index (χ2n) is 5.17. The number of ketones is 1. The Morgan fingerprint density at radius 1 is 1.50 bits per heavy atom. The Morgan fingerprint density at radius 2 is 2.40 bits per heavy atom. The number of carbonyl (C=O) groups is 1. The van der Waals surface area contributed by atoms with Crippen LogP contribution in [0.3, 0.4) is 0 Å². The van der Waals surface area contributed by atoms with Crippen molar-refractivity contribution < 1.29 is 9.53 Å². The number of nitrogens with one attached hydrogen (secondary N) is 1. The summed E-state index contributed by atoms with van der Waals surface area (Å²) in [5.41, 5.74) is 2.14. The van der Waals surface area contributed by atoms with E-state index >= 15 is 0 Å². The standard InChI is InChI=1S/C16H16N2O2/c17-9-11-3-5-13-14(10-18-15(13)8-11)16(19)6-4-12-2-1-7-20-12/h3,5,8,10,12,18H,1-2,4,6-7H2. The van der Waals surface area contributed by atoms with E-state index in [1.54, 1.807) is 18.3 Å². The van der Waals surface area contributed by atoms with Crippen LogP contribution in [-0.4, -0.2) is 23.5 Å². The highest BCUT2D eigenvalue weighted by Crippen LogP contribution is 2.23. The third-order valence-corrected chi connectivity index (χ3v) is 3.83. The molecule has 3 rings (SSSR count). The topological polar surface area (TPSA) is 65.9 Å². The van der Waals surface area contributed by atoms with E-state index in [-0.39, 0.29) is 11.9 Å². The molecule has 0 saturated carbocycles. The van der Waals surface area contributed by atoms with Gasteiger partial charge in [-0.2, -0.15) is 5.26 Å². The summed E-state index contributed by atoms with van der Waals surface area (Å²) in [5, 5.41) is 9.76. The molecule has 1 aliphatic rings. The number of hydrogen-bond donors (Lipinski definition) is 1. The Bertz CT molecular complexity index is 675. The van der Waals surface area contributed by atoms with Crippen LogP contribution < -0.4 is 0 Å². The number of benzene rings is 1. The molecule has 20 heavy (non-hydrogen) atoms. The molecule has 1 N–H and O–H groups in total. The van der Waals surface area contributed by atoms with Crippen LogP contribution in [-0.2, 0) is 4.74 Å². The SMILES string of the molecule is N#Cc1ccc2c(C(=O)CCC3CCCO3)c[nH]c2c1. The lowest BCUT2D eigenvalue weighted by molar-refractivity contribution is 0.0860. The van der Waals surface area contributed by atoms with Crippen molar-refractivity contribution in [2.75, 3.05) is 6.61 Å². The van der Waals surface area contributed by atoms with Gasteiger partial charge in [0, 0.05) is 35.7 Å². The van der Waals surface area contributed by atoms with E-state index in [1.807, 2.05) is 6.07 Å². The van der Waals surface area contributed by atoms with Gasteiger partial charge in [0.25, 0.3) is 0 Å². The fraction of sp³-hybridized carbons (Fsp3) is 0.375. The Labute approximate surface area is 117 Å². The van der Waals surface area contributed by atoms with Crippen molar-refractivity contribution in [2.24, 2.45) is 0 Å². The van der Waals surface area contributed by atoms with Crippen molar-refractivity contribution in [1.29, 1.82) is 5.26 Å². The van der Waals surface area contributed by atoms with Crippen LogP contribution in [0.4, 0.5) is 0 Å². The lowest BCUT2D eigenvalue weighted by Gasteiger charge is -2.07. The number of nitriles is 1. The van der Waals surface area contributed by atoms with Crippen molar-refractivity contribution in [3.8, 4) is 6.07 Å². The summed E-state index contributed by atoms with van der Waals surface area (Å²) in [7, 11) is 0. The number of carbonyl (C=O) groups excluding carboxylic acids is 1. The monoisotopic (exact) mass is 268 g/mol. The lowest BCUT2D eigenvalue weighted by Crippen LogP contribution is -2.08. The number of aromatic amines is 1. The van der Waals surface area contributed by atoms with E-state index in [2.05, 4.69) is 11.1 Å². The normalized spacial score (nSPS) is 18.2. The van der Waals surface area contributed by atoms with Gasteiger partial charge in [-0.25, -0.2) is 0 Å². The molecule has 1 atom stereocenters. The molecule has 4 heteroatoms. The number of Topliss-reactive ketones (excluding diaryl/α,β-unsaturated/α-hetero) is 1. The van der Waals surface area contributed by atoms with Crippen molar-refractivity contribution >= 4 is 16.7 Å². The molecule has 1 aromatic heterocycles. The van der Waals surface area contributed by atoms with Gasteiger partial charge in [-0.3, -0.25) is 4.79 Å². The first-order chi connectivity index (χ1) is 9.78. The number of aromatic nitrogens is 1. The average Bonchev–Trinajstić information content (AvgIpc) is 3.13. The quantitative estimate of drug-likeness (QED) is 0.866. The first-order valence-corrected chi connectivity index (χ1v) is 6.94. The highest BCUT2D eigenvalue weighted by atomic mass is 16.5. The van der Waals surface area contributed by atoms with Crippen LogP contribution in [0.5, 0.6) is 0 Å². The zero-order valence-corrected chi connectivity index (χ0v) is 11.2. The number of rotatable bonds is 4. The molecule has 2 aromatic rings. The number of H-pyrrole nitrogens is 1. The molecule has 0 spiro atoms. The smallest absolute Gasteiger partial charge is 0.165 e. The van der Waals surface area contributed by atoms with E-state index in [4.69, 9.17) is 10.00 Å². The summed E-state index contributed by atoms with van der Waals surface area (Å²) in [6, 6.07) is 7.45. The molecule has 102 valence electrons. The molecule has 0 bridgehead atoms. The lowest BCUT2D eigenvalue weighted by atomic mass is 10.0. The molecule has 1 aliphatic heterocycles. The minimum atomic E-state index is 0.136. The molecule has 0 radical (unpaired) electrons. The highest BCUT2D eigenvalue weighted by molar-refractivity contribution is 6.08. The van der Waals surface area contributed by atoms with Gasteiger partial charge < -0.3 is 9.72 Å². The van der Waals surface area contributed by atoms with Gasteiger partial charge in [-0.15, -0.1) is 0 Å². The van der Waals surface area contributed by atoms with Gasteiger partial charge in [-0.05, 0) is 31.4 Å². The summed E-state index contributed by atoms with van der Waals surface area (Å²) in [6.07, 6.45) is 5.45. The molecular weight excluding hydrogens is 252 g/mol. The van der Waals surface area contributed by atoms with Crippen LogP contribution in [0, 0.1) is 11.3 Å². The predicted molar refractivity (Wildman–Crippen MR) is 75.6 cm³/mol. The molecule has 0 amide bonds. The zero-order valence-electron chi connectivity index (χ0n) is 11.2. The van der Waals surface area contributed by atoms with Crippen molar-refractivity contribution in [3.63, 3.8) is 0 Å². The Kier molecular flexibility index (Phi) is 3.53. The largest absolute Gasteiger partial charge is 0.378 e. The van der Waals surface area contributed by atoms with Crippen LogP contribution in [0.2, 0.25) is 0 Å². The predicted octanol–water partition coefficient (Wildman–Crippen LogP) is 3.18. The Balaban J connectivity index is 1.76. The fourth-order valence-corrected chi connectivity index (χ4v) is 2.73. The van der Waals surface area contributed by atoms with Crippen molar-refractivity contribution in [2.45, 2.75) is 31.8 Å². The van der Waals surface area contributed by atoms with Crippen molar-refractivity contribution in [3.05, 3.63) is 35.5 Å². The number of ether oxygens (including phenoxy) is 1. The fourth-order valence-electron chi connectivity index (χ4n) is 2.73. The van der Waals surface area contributed by atoms with Crippen LogP contribution in [0.25, 0.3) is 10.9 Å². The second kappa shape index (κ2) is 5.48. The van der Waals surface area contributed by atoms with Gasteiger partial charge in [0.1, 0.15) is 0 Å². The maximum atomic E-state index is 12.3. The molecule has 1 aromatic carbocycles. The van der Waals surface area contributed by atoms with E-state index < -0.39 is 0 Å².